The van der Waals surface area contributed by atoms with Gasteiger partial charge in [-0.2, -0.15) is 0 Å². The largest absolute Gasteiger partial charge is 0.349 e. The lowest BCUT2D eigenvalue weighted by Gasteiger charge is -2.08. The highest BCUT2D eigenvalue weighted by atomic mass is 16.1. The van der Waals surface area contributed by atoms with E-state index in [-0.39, 0.29) is 5.91 Å². The fraction of sp³-hybridized carbons (Fsp3) is 0.727. The minimum absolute atomic E-state index is 0.0971. The molecule has 1 aromatic heterocycles. The maximum atomic E-state index is 11.6. The van der Waals surface area contributed by atoms with E-state index in [0.717, 1.165) is 25.3 Å². The molecule has 1 fully saturated rings. The smallest absolute Gasteiger partial charge is 0.220 e. The van der Waals surface area contributed by atoms with Crippen LogP contribution in [0.4, 0.5) is 0 Å². The van der Waals surface area contributed by atoms with Crippen LogP contribution in [0.5, 0.6) is 0 Å². The Labute approximate surface area is 101 Å². The maximum Gasteiger partial charge on any atom is 0.220 e. The third-order valence-electron chi connectivity index (χ3n) is 3.19. The molecular weight excluding hydrogens is 218 g/mol. The van der Waals surface area contributed by atoms with Crippen LogP contribution in [0.3, 0.4) is 0 Å². The quantitative estimate of drug-likeness (QED) is 0.745. The van der Waals surface area contributed by atoms with Crippen LogP contribution < -0.4 is 10.6 Å². The van der Waals surface area contributed by atoms with Crippen LogP contribution in [0, 0.1) is 5.92 Å². The molecule has 2 N–H and O–H groups in total. The maximum absolute atomic E-state index is 11.6. The summed E-state index contributed by atoms with van der Waals surface area (Å²) in [7, 11) is 1.87. The van der Waals surface area contributed by atoms with E-state index in [4.69, 9.17) is 0 Å². The van der Waals surface area contributed by atoms with Gasteiger partial charge < -0.3 is 15.2 Å². The van der Waals surface area contributed by atoms with Gasteiger partial charge >= 0.3 is 0 Å². The van der Waals surface area contributed by atoms with Gasteiger partial charge in [0.25, 0.3) is 0 Å². The minimum Gasteiger partial charge on any atom is -0.349 e. The van der Waals surface area contributed by atoms with Crippen LogP contribution >= 0.6 is 0 Å². The molecule has 0 radical (unpaired) electrons. The molecule has 17 heavy (non-hydrogen) atoms. The molecule has 0 spiro atoms. The molecule has 1 saturated heterocycles. The average Bonchev–Trinajstić information content (AvgIpc) is 2.95. The van der Waals surface area contributed by atoms with Gasteiger partial charge in [-0.25, -0.2) is 0 Å². The van der Waals surface area contributed by atoms with E-state index in [9.17, 15) is 4.79 Å². The predicted molar refractivity (Wildman–Crippen MR) is 63.1 cm³/mol. The Bertz CT molecular complexity index is 370. The molecule has 2 rings (SSSR count). The van der Waals surface area contributed by atoms with Crippen molar-refractivity contribution in [3.8, 4) is 0 Å². The highest BCUT2D eigenvalue weighted by Crippen LogP contribution is 2.13. The van der Waals surface area contributed by atoms with Crippen LogP contribution in [0.2, 0.25) is 0 Å². The standard InChI is InChI=1S/C11H19N5O/c1-16-8-14-15-10(16)7-13-11(17)3-2-9-4-5-12-6-9/h8-9,12H,2-7H2,1H3,(H,13,17). The molecule has 1 unspecified atom stereocenters. The molecule has 0 saturated carbocycles. The van der Waals surface area contributed by atoms with E-state index < -0.39 is 0 Å². The number of amides is 1. The average molecular weight is 237 g/mol. The zero-order chi connectivity index (χ0) is 12.1. The number of rotatable bonds is 5. The van der Waals surface area contributed by atoms with Gasteiger partial charge in [0.2, 0.25) is 5.91 Å². The van der Waals surface area contributed by atoms with E-state index in [2.05, 4.69) is 20.8 Å². The van der Waals surface area contributed by atoms with Crippen LogP contribution in [-0.2, 0) is 18.4 Å². The Morgan fingerprint density at radius 1 is 1.71 bits per heavy atom. The summed E-state index contributed by atoms with van der Waals surface area (Å²) in [5.41, 5.74) is 0. The molecule has 6 heteroatoms. The van der Waals surface area contributed by atoms with Gasteiger partial charge in [-0.3, -0.25) is 4.79 Å². The molecule has 1 aromatic rings. The van der Waals surface area contributed by atoms with Crippen LogP contribution in [0.15, 0.2) is 6.33 Å². The van der Waals surface area contributed by atoms with Crippen LogP contribution in [-0.4, -0.2) is 33.8 Å². The molecule has 1 aliphatic heterocycles. The molecule has 94 valence electrons. The van der Waals surface area contributed by atoms with Gasteiger partial charge in [0.15, 0.2) is 5.82 Å². The van der Waals surface area contributed by atoms with Crippen molar-refractivity contribution in [1.82, 2.24) is 25.4 Å². The molecule has 1 atom stereocenters. The summed E-state index contributed by atoms with van der Waals surface area (Å²) >= 11 is 0. The lowest BCUT2D eigenvalue weighted by Crippen LogP contribution is -2.25. The highest BCUT2D eigenvalue weighted by molar-refractivity contribution is 5.75. The second-order valence-corrected chi connectivity index (χ2v) is 4.53. The molecule has 1 amide bonds. The molecule has 0 aliphatic carbocycles. The topological polar surface area (TPSA) is 71.8 Å². The normalized spacial score (nSPS) is 19.5. The van der Waals surface area contributed by atoms with Gasteiger partial charge in [-0.1, -0.05) is 0 Å². The first-order chi connectivity index (χ1) is 8.25. The second-order valence-electron chi connectivity index (χ2n) is 4.53. The van der Waals surface area contributed by atoms with E-state index in [0.29, 0.717) is 18.9 Å². The summed E-state index contributed by atoms with van der Waals surface area (Å²) in [6, 6.07) is 0. The Morgan fingerprint density at radius 3 is 3.24 bits per heavy atom. The van der Waals surface area contributed by atoms with E-state index in [1.807, 2.05) is 7.05 Å². The predicted octanol–water partition coefficient (Wildman–Crippen LogP) is -0.179. The number of nitrogens with one attached hydrogen (secondary N) is 2. The first-order valence-corrected chi connectivity index (χ1v) is 6.06. The summed E-state index contributed by atoms with van der Waals surface area (Å²) in [6.07, 6.45) is 4.39. The number of hydrogen-bond acceptors (Lipinski definition) is 4. The summed E-state index contributed by atoms with van der Waals surface area (Å²) in [6.45, 7) is 2.60. The number of hydrogen-bond donors (Lipinski definition) is 2. The molecule has 2 heterocycles. The van der Waals surface area contributed by atoms with Crippen molar-refractivity contribution in [3.63, 3.8) is 0 Å². The SMILES string of the molecule is Cn1cnnc1CNC(=O)CCC1CCNC1. The molecule has 1 aliphatic rings. The molecular formula is C11H19N5O. The summed E-state index contributed by atoms with van der Waals surface area (Å²) < 4.78 is 1.81. The van der Waals surface area contributed by atoms with Crippen molar-refractivity contribution in [2.45, 2.75) is 25.8 Å². The van der Waals surface area contributed by atoms with Gasteiger partial charge in [-0.15, -0.1) is 10.2 Å². The molecule has 0 aromatic carbocycles. The first-order valence-electron chi connectivity index (χ1n) is 6.06. The number of carbonyl (C=O) groups is 1. The summed E-state index contributed by atoms with van der Waals surface area (Å²) in [5, 5.41) is 13.8. The third-order valence-corrected chi connectivity index (χ3v) is 3.19. The minimum atomic E-state index is 0.0971. The zero-order valence-corrected chi connectivity index (χ0v) is 10.1. The fourth-order valence-electron chi connectivity index (χ4n) is 2.03. The highest BCUT2D eigenvalue weighted by Gasteiger charge is 2.15. The summed E-state index contributed by atoms with van der Waals surface area (Å²) in [5.74, 6) is 1.54. The number of carbonyl (C=O) groups excluding carboxylic acids is 1. The van der Waals surface area contributed by atoms with E-state index in [1.165, 1.54) is 6.42 Å². The van der Waals surface area contributed by atoms with E-state index in [1.54, 1.807) is 10.9 Å². The van der Waals surface area contributed by atoms with Gasteiger partial charge in [-0.05, 0) is 31.8 Å². The number of aryl methyl sites for hydroxylation is 1. The van der Waals surface area contributed by atoms with Gasteiger partial charge in [0, 0.05) is 13.5 Å². The Morgan fingerprint density at radius 2 is 2.59 bits per heavy atom. The summed E-state index contributed by atoms with van der Waals surface area (Å²) in [4.78, 5) is 11.6. The van der Waals surface area contributed by atoms with Crippen molar-refractivity contribution in [2.75, 3.05) is 13.1 Å². The van der Waals surface area contributed by atoms with Crippen LogP contribution in [0.25, 0.3) is 0 Å². The fourth-order valence-corrected chi connectivity index (χ4v) is 2.03. The van der Waals surface area contributed by atoms with Crippen molar-refractivity contribution in [3.05, 3.63) is 12.2 Å². The monoisotopic (exact) mass is 237 g/mol. The van der Waals surface area contributed by atoms with Crippen molar-refractivity contribution in [1.29, 1.82) is 0 Å². The Kier molecular flexibility index (Phi) is 4.08. The molecule has 0 bridgehead atoms. The van der Waals surface area contributed by atoms with Crippen molar-refractivity contribution >= 4 is 5.91 Å². The number of nitrogens with zero attached hydrogens (tertiary/aromatic N) is 3. The lowest BCUT2D eigenvalue weighted by molar-refractivity contribution is -0.121. The first kappa shape index (κ1) is 12.0. The van der Waals surface area contributed by atoms with Crippen LogP contribution in [0.1, 0.15) is 25.1 Å². The lowest BCUT2D eigenvalue weighted by atomic mass is 10.0. The van der Waals surface area contributed by atoms with Crippen molar-refractivity contribution in [2.24, 2.45) is 13.0 Å². The van der Waals surface area contributed by atoms with Crippen molar-refractivity contribution < 1.29 is 4.79 Å². The Balaban J connectivity index is 1.65. The third kappa shape index (κ3) is 3.52. The Hall–Kier alpha value is -1.43. The second kappa shape index (κ2) is 5.77. The van der Waals surface area contributed by atoms with E-state index >= 15 is 0 Å². The van der Waals surface area contributed by atoms with Gasteiger partial charge in [0.05, 0.1) is 6.54 Å². The van der Waals surface area contributed by atoms with Gasteiger partial charge in [0.1, 0.15) is 6.33 Å². The zero-order valence-electron chi connectivity index (χ0n) is 10.1. The number of aromatic nitrogens is 3. The molecule has 6 nitrogen and oxygen atoms in total.